The summed E-state index contributed by atoms with van der Waals surface area (Å²) in [6.45, 7) is 0. The first-order chi connectivity index (χ1) is 5.16. The number of aromatic carboxylic acids is 1. The molecule has 0 atom stereocenters. The van der Waals surface area contributed by atoms with Crippen LogP contribution < -0.4 is 4.74 Å². The number of carboxylic acids is 1. The van der Waals surface area contributed by atoms with E-state index in [1.807, 2.05) is 0 Å². The second kappa shape index (κ2) is 3.11. The van der Waals surface area contributed by atoms with Gasteiger partial charge in [0.15, 0.2) is 5.75 Å². The standard InChI is InChI=1S/C6H5ClO3S/c1-10-4-3(6(8)9)2-11-5(4)7/h2H,1H3,(H,8,9). The zero-order valence-corrected chi connectivity index (χ0v) is 7.20. The van der Waals surface area contributed by atoms with E-state index in [2.05, 4.69) is 0 Å². The Morgan fingerprint density at radius 2 is 2.45 bits per heavy atom. The number of methoxy groups -OCH3 is 1. The highest BCUT2D eigenvalue weighted by Crippen LogP contribution is 2.34. The molecule has 1 aromatic heterocycles. The molecule has 5 heteroatoms. The summed E-state index contributed by atoms with van der Waals surface area (Å²) in [5.74, 6) is -0.783. The number of rotatable bonds is 2. The molecule has 0 amide bonds. The lowest BCUT2D eigenvalue weighted by molar-refractivity contribution is 0.0694. The lowest BCUT2D eigenvalue weighted by Gasteiger charge is -1.97. The Morgan fingerprint density at radius 3 is 2.82 bits per heavy atom. The van der Waals surface area contributed by atoms with Crippen LogP contribution >= 0.6 is 22.9 Å². The van der Waals surface area contributed by atoms with Crippen LogP contribution in [-0.2, 0) is 0 Å². The molecule has 1 heterocycles. The molecule has 0 aliphatic rings. The van der Waals surface area contributed by atoms with Crippen LogP contribution in [0.5, 0.6) is 5.75 Å². The maximum absolute atomic E-state index is 10.5. The summed E-state index contributed by atoms with van der Waals surface area (Å²) in [5, 5.41) is 10.0. The third-order valence-electron chi connectivity index (χ3n) is 1.14. The van der Waals surface area contributed by atoms with Crippen molar-refractivity contribution in [3.63, 3.8) is 0 Å². The van der Waals surface area contributed by atoms with Gasteiger partial charge < -0.3 is 9.84 Å². The van der Waals surface area contributed by atoms with Gasteiger partial charge in [-0.15, -0.1) is 11.3 Å². The van der Waals surface area contributed by atoms with Crippen molar-refractivity contribution in [3.05, 3.63) is 15.3 Å². The molecule has 0 saturated carbocycles. The number of ether oxygens (including phenoxy) is 1. The van der Waals surface area contributed by atoms with Crippen molar-refractivity contribution < 1.29 is 14.6 Å². The van der Waals surface area contributed by atoms with Gasteiger partial charge >= 0.3 is 5.97 Å². The summed E-state index contributed by atoms with van der Waals surface area (Å²) in [4.78, 5) is 10.5. The van der Waals surface area contributed by atoms with Crippen LogP contribution in [0.3, 0.4) is 0 Å². The van der Waals surface area contributed by atoms with Crippen LogP contribution in [0.15, 0.2) is 5.38 Å². The maximum atomic E-state index is 10.5. The first-order valence-corrected chi connectivity index (χ1v) is 3.97. The normalized spacial score (nSPS) is 9.64. The van der Waals surface area contributed by atoms with Crippen LogP contribution in [0.1, 0.15) is 10.4 Å². The average Bonchev–Trinajstić information content (AvgIpc) is 2.30. The van der Waals surface area contributed by atoms with E-state index in [1.54, 1.807) is 0 Å². The van der Waals surface area contributed by atoms with E-state index in [0.29, 0.717) is 4.34 Å². The minimum Gasteiger partial charge on any atom is -0.493 e. The van der Waals surface area contributed by atoms with Gasteiger partial charge in [0.1, 0.15) is 9.90 Å². The van der Waals surface area contributed by atoms with Crippen molar-refractivity contribution >= 4 is 28.9 Å². The molecule has 0 spiro atoms. The molecular formula is C6H5ClO3S. The number of carboxylic acid groups (broad SMARTS) is 1. The highest BCUT2D eigenvalue weighted by molar-refractivity contribution is 7.15. The fourth-order valence-electron chi connectivity index (χ4n) is 0.661. The molecule has 3 nitrogen and oxygen atoms in total. The summed E-state index contributed by atoms with van der Waals surface area (Å²) < 4.78 is 5.14. The summed E-state index contributed by atoms with van der Waals surface area (Å²) in [6.07, 6.45) is 0. The average molecular weight is 193 g/mol. The van der Waals surface area contributed by atoms with Gasteiger partial charge in [-0.05, 0) is 0 Å². The minimum absolute atomic E-state index is 0.113. The predicted molar refractivity (Wildman–Crippen MR) is 42.8 cm³/mol. The molecule has 60 valence electrons. The summed E-state index contributed by atoms with van der Waals surface area (Å²) >= 11 is 6.76. The molecular weight excluding hydrogens is 188 g/mol. The number of halogens is 1. The van der Waals surface area contributed by atoms with E-state index in [-0.39, 0.29) is 11.3 Å². The Hall–Kier alpha value is -0.740. The van der Waals surface area contributed by atoms with E-state index in [9.17, 15) is 4.79 Å². The third-order valence-corrected chi connectivity index (χ3v) is 2.32. The Labute approximate surface area is 72.2 Å². The van der Waals surface area contributed by atoms with Crippen LogP contribution in [0.25, 0.3) is 0 Å². The number of hydrogen-bond acceptors (Lipinski definition) is 3. The van der Waals surface area contributed by atoms with Gasteiger partial charge in [-0.25, -0.2) is 4.79 Å². The Kier molecular flexibility index (Phi) is 2.36. The monoisotopic (exact) mass is 192 g/mol. The Balaban J connectivity index is 3.15. The van der Waals surface area contributed by atoms with Crippen molar-refractivity contribution in [2.24, 2.45) is 0 Å². The highest BCUT2D eigenvalue weighted by Gasteiger charge is 2.15. The van der Waals surface area contributed by atoms with Gasteiger partial charge in [0.05, 0.1) is 7.11 Å². The van der Waals surface area contributed by atoms with Crippen LogP contribution in [0.2, 0.25) is 4.34 Å². The molecule has 1 aromatic rings. The molecule has 0 radical (unpaired) electrons. The largest absolute Gasteiger partial charge is 0.493 e. The maximum Gasteiger partial charge on any atom is 0.340 e. The lowest BCUT2D eigenvalue weighted by atomic mass is 10.3. The van der Waals surface area contributed by atoms with Crippen molar-refractivity contribution in [2.45, 2.75) is 0 Å². The van der Waals surface area contributed by atoms with Gasteiger partial charge in [-0.1, -0.05) is 11.6 Å². The minimum atomic E-state index is -1.02. The molecule has 11 heavy (non-hydrogen) atoms. The lowest BCUT2D eigenvalue weighted by Crippen LogP contribution is -1.96. The van der Waals surface area contributed by atoms with Crippen LogP contribution in [0.4, 0.5) is 0 Å². The number of thiophene rings is 1. The summed E-state index contributed by atoms with van der Waals surface area (Å²) in [5.41, 5.74) is 0.113. The molecule has 0 fully saturated rings. The van der Waals surface area contributed by atoms with Gasteiger partial charge in [-0.3, -0.25) is 0 Å². The van der Waals surface area contributed by atoms with E-state index in [0.717, 1.165) is 11.3 Å². The van der Waals surface area contributed by atoms with Crippen molar-refractivity contribution in [1.82, 2.24) is 0 Å². The van der Waals surface area contributed by atoms with Gasteiger partial charge in [0.2, 0.25) is 0 Å². The van der Waals surface area contributed by atoms with Crippen LogP contribution in [-0.4, -0.2) is 18.2 Å². The molecule has 0 saturated heterocycles. The second-order valence-electron chi connectivity index (χ2n) is 1.76. The topological polar surface area (TPSA) is 46.5 Å². The predicted octanol–water partition coefficient (Wildman–Crippen LogP) is 2.11. The molecule has 1 rings (SSSR count). The second-order valence-corrected chi connectivity index (χ2v) is 3.24. The molecule has 0 aromatic carbocycles. The molecule has 0 aliphatic heterocycles. The third kappa shape index (κ3) is 1.46. The SMILES string of the molecule is COc1c(C(=O)O)csc1Cl. The zero-order chi connectivity index (χ0) is 8.43. The zero-order valence-electron chi connectivity index (χ0n) is 5.63. The summed E-state index contributed by atoms with van der Waals surface area (Å²) in [7, 11) is 1.39. The smallest absolute Gasteiger partial charge is 0.340 e. The molecule has 0 bridgehead atoms. The molecule has 1 N–H and O–H groups in total. The van der Waals surface area contributed by atoms with E-state index in [1.165, 1.54) is 12.5 Å². The Bertz CT molecular complexity index is 281. The number of carbonyl (C=O) groups is 1. The fourth-order valence-corrected chi connectivity index (χ4v) is 1.70. The van der Waals surface area contributed by atoms with E-state index in [4.69, 9.17) is 21.4 Å². The fraction of sp³-hybridized carbons (Fsp3) is 0.167. The van der Waals surface area contributed by atoms with Crippen molar-refractivity contribution in [1.29, 1.82) is 0 Å². The number of hydrogen-bond donors (Lipinski definition) is 1. The Morgan fingerprint density at radius 1 is 1.82 bits per heavy atom. The molecule has 0 unspecified atom stereocenters. The van der Waals surface area contributed by atoms with Crippen molar-refractivity contribution in [3.8, 4) is 5.75 Å². The van der Waals surface area contributed by atoms with Gasteiger partial charge in [0, 0.05) is 5.38 Å². The van der Waals surface area contributed by atoms with Crippen LogP contribution in [0, 0.1) is 0 Å². The van der Waals surface area contributed by atoms with Gasteiger partial charge in [-0.2, -0.15) is 0 Å². The van der Waals surface area contributed by atoms with Crippen molar-refractivity contribution in [2.75, 3.05) is 7.11 Å². The molecule has 0 aliphatic carbocycles. The quantitative estimate of drug-likeness (QED) is 0.781. The van der Waals surface area contributed by atoms with E-state index < -0.39 is 5.97 Å². The van der Waals surface area contributed by atoms with E-state index >= 15 is 0 Å². The first-order valence-electron chi connectivity index (χ1n) is 2.71. The van der Waals surface area contributed by atoms with Gasteiger partial charge in [0.25, 0.3) is 0 Å². The summed E-state index contributed by atoms with van der Waals surface area (Å²) in [6, 6.07) is 0. The highest BCUT2D eigenvalue weighted by atomic mass is 35.5. The first kappa shape index (κ1) is 8.36.